The Hall–Kier alpha value is -2.73. The van der Waals surface area contributed by atoms with E-state index in [1.807, 2.05) is 70.2 Å². The zero-order chi connectivity index (χ0) is 21.2. The van der Waals surface area contributed by atoms with Crippen LogP contribution in [0.15, 0.2) is 42.5 Å². The van der Waals surface area contributed by atoms with E-state index in [4.69, 9.17) is 14.2 Å². The van der Waals surface area contributed by atoms with E-state index >= 15 is 0 Å². The molecule has 0 bridgehead atoms. The maximum atomic E-state index is 12.5. The van der Waals surface area contributed by atoms with Crippen LogP contribution in [0.1, 0.15) is 44.7 Å². The number of rotatable bonds is 5. The van der Waals surface area contributed by atoms with Gasteiger partial charge in [0.1, 0.15) is 23.7 Å². The smallest absolute Gasteiger partial charge is 0.414 e. The molecular formula is C23H29NO5. The highest BCUT2D eigenvalue weighted by atomic mass is 16.6. The van der Waals surface area contributed by atoms with Gasteiger partial charge in [-0.3, -0.25) is 4.90 Å². The van der Waals surface area contributed by atoms with Gasteiger partial charge in [0.15, 0.2) is 0 Å². The van der Waals surface area contributed by atoms with Crippen LogP contribution in [0.4, 0.5) is 10.5 Å². The van der Waals surface area contributed by atoms with Gasteiger partial charge in [-0.2, -0.15) is 0 Å². The predicted molar refractivity (Wildman–Crippen MR) is 112 cm³/mol. The number of nitrogens with zero attached hydrogens (tertiary/aromatic N) is 1. The molecule has 2 atom stereocenters. The van der Waals surface area contributed by atoms with Gasteiger partial charge in [-0.25, -0.2) is 4.79 Å². The topological polar surface area (TPSA) is 68.2 Å². The summed E-state index contributed by atoms with van der Waals surface area (Å²) in [4.78, 5) is 14.0. The van der Waals surface area contributed by atoms with E-state index in [0.717, 1.165) is 22.6 Å². The number of ether oxygens (including phenoxy) is 3. The van der Waals surface area contributed by atoms with Crippen LogP contribution in [0.2, 0.25) is 0 Å². The molecule has 1 N–H and O–H groups in total. The van der Waals surface area contributed by atoms with Crippen LogP contribution in [0, 0.1) is 0 Å². The zero-order valence-electron chi connectivity index (χ0n) is 17.6. The second kappa shape index (κ2) is 8.33. The third kappa shape index (κ3) is 4.48. The van der Waals surface area contributed by atoms with Crippen molar-refractivity contribution < 1.29 is 24.1 Å². The molecule has 0 fully saturated rings. The molecule has 0 radical (unpaired) electrons. The van der Waals surface area contributed by atoms with E-state index in [1.165, 1.54) is 4.90 Å². The molecule has 1 amide bonds. The lowest BCUT2D eigenvalue weighted by Gasteiger charge is -2.41. The molecular weight excluding hydrogens is 370 g/mol. The van der Waals surface area contributed by atoms with Crippen molar-refractivity contribution in [2.24, 2.45) is 0 Å². The number of benzene rings is 2. The van der Waals surface area contributed by atoms with E-state index in [9.17, 15) is 9.90 Å². The van der Waals surface area contributed by atoms with E-state index in [0.29, 0.717) is 12.3 Å². The SMILES string of the molecule is CCOc1ccc(COC(=O)N(C)c2ccc3c(c2)[C@@H](C)[C@H](O)C(C)(C)O3)cc1. The summed E-state index contributed by atoms with van der Waals surface area (Å²) in [5, 5.41) is 10.5. The van der Waals surface area contributed by atoms with E-state index in [1.54, 1.807) is 7.05 Å². The Balaban J connectivity index is 1.67. The molecule has 0 saturated heterocycles. The largest absolute Gasteiger partial charge is 0.494 e. The fourth-order valence-corrected chi connectivity index (χ4v) is 3.51. The van der Waals surface area contributed by atoms with Gasteiger partial charge < -0.3 is 19.3 Å². The first-order valence-corrected chi connectivity index (χ1v) is 9.86. The highest BCUT2D eigenvalue weighted by Crippen LogP contribution is 2.42. The van der Waals surface area contributed by atoms with Crippen molar-refractivity contribution in [2.45, 2.75) is 51.9 Å². The molecule has 29 heavy (non-hydrogen) atoms. The standard InChI is InChI=1S/C23H29NO5/c1-6-27-18-10-7-16(8-11-18)14-28-22(26)24(5)17-9-12-20-19(13-17)15(2)21(25)23(3,4)29-20/h7-13,15,21,25H,6,14H2,1-5H3/t15-,21+/m1/s1. The lowest BCUT2D eigenvalue weighted by atomic mass is 9.82. The summed E-state index contributed by atoms with van der Waals surface area (Å²) in [6.45, 7) is 8.42. The van der Waals surface area contributed by atoms with Crippen molar-refractivity contribution in [3.05, 3.63) is 53.6 Å². The summed E-state index contributed by atoms with van der Waals surface area (Å²) in [6, 6.07) is 13.0. The van der Waals surface area contributed by atoms with Crippen LogP contribution in [0.3, 0.4) is 0 Å². The van der Waals surface area contributed by atoms with Crippen LogP contribution in [-0.2, 0) is 11.3 Å². The van der Waals surface area contributed by atoms with Crippen LogP contribution in [0.25, 0.3) is 0 Å². The summed E-state index contributed by atoms with van der Waals surface area (Å²) in [7, 11) is 1.66. The second-order valence-corrected chi connectivity index (χ2v) is 7.85. The van der Waals surface area contributed by atoms with Crippen molar-refractivity contribution in [1.82, 2.24) is 0 Å². The molecule has 6 nitrogen and oxygen atoms in total. The summed E-state index contributed by atoms with van der Waals surface area (Å²) in [5.41, 5.74) is 1.78. The number of anilines is 1. The highest BCUT2D eigenvalue weighted by molar-refractivity contribution is 5.87. The van der Waals surface area contributed by atoms with Gasteiger partial charge in [-0.15, -0.1) is 0 Å². The Labute approximate surface area is 172 Å². The third-order valence-electron chi connectivity index (χ3n) is 5.30. The molecule has 0 aliphatic carbocycles. The average molecular weight is 399 g/mol. The summed E-state index contributed by atoms with van der Waals surface area (Å²) < 4.78 is 16.8. The van der Waals surface area contributed by atoms with Gasteiger partial charge in [0, 0.05) is 24.2 Å². The molecule has 2 aromatic carbocycles. The molecule has 1 aliphatic heterocycles. The Morgan fingerprint density at radius 3 is 2.55 bits per heavy atom. The van der Waals surface area contributed by atoms with E-state index in [2.05, 4.69) is 0 Å². The van der Waals surface area contributed by atoms with Crippen molar-refractivity contribution in [3.8, 4) is 11.5 Å². The number of aliphatic hydroxyl groups excluding tert-OH is 1. The quantitative estimate of drug-likeness (QED) is 0.802. The number of aliphatic hydroxyl groups is 1. The number of carbonyl (C=O) groups is 1. The Morgan fingerprint density at radius 1 is 1.21 bits per heavy atom. The third-order valence-corrected chi connectivity index (χ3v) is 5.30. The molecule has 156 valence electrons. The lowest BCUT2D eigenvalue weighted by Crippen LogP contribution is -2.48. The maximum Gasteiger partial charge on any atom is 0.414 e. The lowest BCUT2D eigenvalue weighted by molar-refractivity contribution is -0.0549. The van der Waals surface area contributed by atoms with Crippen LogP contribution < -0.4 is 14.4 Å². The van der Waals surface area contributed by atoms with Crippen molar-refractivity contribution in [2.75, 3.05) is 18.6 Å². The predicted octanol–water partition coefficient (Wildman–Crippen LogP) is 4.49. The molecule has 0 unspecified atom stereocenters. The van der Waals surface area contributed by atoms with E-state index < -0.39 is 17.8 Å². The van der Waals surface area contributed by atoms with Crippen molar-refractivity contribution in [3.63, 3.8) is 0 Å². The second-order valence-electron chi connectivity index (χ2n) is 7.85. The number of fused-ring (bicyclic) bond motifs is 1. The van der Waals surface area contributed by atoms with Crippen molar-refractivity contribution in [1.29, 1.82) is 0 Å². The minimum Gasteiger partial charge on any atom is -0.494 e. The molecule has 3 rings (SSSR count). The first-order chi connectivity index (χ1) is 13.7. The first kappa shape index (κ1) is 21.0. The van der Waals surface area contributed by atoms with Crippen LogP contribution in [-0.4, -0.2) is 36.6 Å². The Kier molecular flexibility index (Phi) is 6.03. The number of carbonyl (C=O) groups excluding carboxylic acids is 1. The average Bonchev–Trinajstić information content (AvgIpc) is 2.71. The monoisotopic (exact) mass is 399 g/mol. The summed E-state index contributed by atoms with van der Waals surface area (Å²) in [6.07, 6.45) is -1.09. The summed E-state index contributed by atoms with van der Waals surface area (Å²) in [5.74, 6) is 1.41. The number of hydrogen-bond acceptors (Lipinski definition) is 5. The minimum absolute atomic E-state index is 0.109. The molecule has 0 aromatic heterocycles. The van der Waals surface area contributed by atoms with Gasteiger partial charge in [0.05, 0.1) is 12.7 Å². The van der Waals surface area contributed by atoms with Gasteiger partial charge >= 0.3 is 6.09 Å². The zero-order valence-corrected chi connectivity index (χ0v) is 17.6. The van der Waals surface area contributed by atoms with Crippen LogP contribution in [0.5, 0.6) is 11.5 Å². The molecule has 1 aliphatic rings. The molecule has 1 heterocycles. The summed E-state index contributed by atoms with van der Waals surface area (Å²) >= 11 is 0. The normalized spacial score (nSPS) is 19.7. The van der Waals surface area contributed by atoms with Crippen LogP contribution >= 0.6 is 0 Å². The van der Waals surface area contributed by atoms with Crippen molar-refractivity contribution >= 4 is 11.8 Å². The minimum atomic E-state index is -0.656. The Bertz CT molecular complexity index is 862. The molecule has 0 saturated carbocycles. The van der Waals surface area contributed by atoms with E-state index in [-0.39, 0.29) is 12.5 Å². The highest BCUT2D eigenvalue weighted by Gasteiger charge is 2.40. The molecule has 2 aromatic rings. The molecule has 0 spiro atoms. The number of amides is 1. The maximum absolute atomic E-state index is 12.5. The Morgan fingerprint density at radius 2 is 1.90 bits per heavy atom. The fraction of sp³-hybridized carbons (Fsp3) is 0.435. The van der Waals surface area contributed by atoms with Gasteiger partial charge in [-0.05, 0) is 56.7 Å². The van der Waals surface area contributed by atoms with Gasteiger partial charge in [0.25, 0.3) is 0 Å². The first-order valence-electron chi connectivity index (χ1n) is 9.86. The van der Waals surface area contributed by atoms with Gasteiger partial charge in [0.2, 0.25) is 0 Å². The molecule has 6 heteroatoms. The number of hydrogen-bond donors (Lipinski definition) is 1. The van der Waals surface area contributed by atoms with Gasteiger partial charge in [-0.1, -0.05) is 19.1 Å². The fourth-order valence-electron chi connectivity index (χ4n) is 3.51.